The van der Waals surface area contributed by atoms with E-state index < -0.39 is 28.9 Å². The Labute approximate surface area is 166 Å². The van der Waals surface area contributed by atoms with Crippen molar-refractivity contribution in [2.75, 3.05) is 11.9 Å². The maximum Gasteiger partial charge on any atom is 0.416 e. The average Bonchev–Trinajstić information content (AvgIpc) is 2.63. The van der Waals surface area contributed by atoms with Gasteiger partial charge >= 0.3 is 6.18 Å². The number of anilines is 1. The highest BCUT2D eigenvalue weighted by Crippen LogP contribution is 2.34. The first-order chi connectivity index (χ1) is 12.6. The van der Waals surface area contributed by atoms with Gasteiger partial charge in [-0.2, -0.15) is 13.2 Å². The highest BCUT2D eigenvalue weighted by atomic mass is 35.5. The third kappa shape index (κ3) is 4.31. The summed E-state index contributed by atoms with van der Waals surface area (Å²) in [6, 6.07) is 7.87. The van der Waals surface area contributed by atoms with E-state index >= 15 is 0 Å². The summed E-state index contributed by atoms with van der Waals surface area (Å²) in [7, 11) is 0. The first-order valence-corrected chi connectivity index (χ1v) is 8.61. The summed E-state index contributed by atoms with van der Waals surface area (Å²) >= 11 is 0. The van der Waals surface area contributed by atoms with Crippen LogP contribution in [0.15, 0.2) is 36.4 Å². The molecular weight excluding hydrogens is 396 g/mol. The maximum atomic E-state index is 14.7. The first-order valence-electron chi connectivity index (χ1n) is 8.61. The molecule has 3 rings (SSSR count). The fourth-order valence-electron chi connectivity index (χ4n) is 3.12. The lowest BCUT2D eigenvalue weighted by Gasteiger charge is -2.26. The van der Waals surface area contributed by atoms with Crippen LogP contribution >= 0.6 is 12.4 Å². The molecule has 152 valence electrons. The molecule has 0 unspecified atom stereocenters. The van der Waals surface area contributed by atoms with Gasteiger partial charge < -0.3 is 10.6 Å². The van der Waals surface area contributed by atoms with Crippen LogP contribution in [-0.4, -0.2) is 12.5 Å². The molecule has 8 heteroatoms. The number of carbonyl (C=O) groups is 1. The molecule has 1 aliphatic heterocycles. The zero-order valence-corrected chi connectivity index (χ0v) is 16.2. The van der Waals surface area contributed by atoms with Crippen molar-refractivity contribution in [3.63, 3.8) is 0 Å². The lowest BCUT2D eigenvalue weighted by Crippen LogP contribution is -2.35. The van der Waals surface area contributed by atoms with Crippen molar-refractivity contribution in [1.82, 2.24) is 5.32 Å². The molecule has 2 aromatic rings. The van der Waals surface area contributed by atoms with Crippen LogP contribution in [0, 0.1) is 5.82 Å². The standard InChI is InChI=1S/C20H20F4N2O.ClH/c1-19(2,13-4-3-5-14(10-13)20(22,23)24)18(27)26-16-7-6-12-11-25-9-8-15(12)17(16)21;/h3-7,10,25H,8-9,11H2,1-2H3,(H,26,27);1H. The van der Waals surface area contributed by atoms with Gasteiger partial charge in [0.25, 0.3) is 0 Å². The van der Waals surface area contributed by atoms with E-state index in [-0.39, 0.29) is 23.7 Å². The number of carbonyl (C=O) groups excluding carboxylic acids is 1. The van der Waals surface area contributed by atoms with Gasteiger partial charge in [-0.15, -0.1) is 12.4 Å². The fourth-order valence-corrected chi connectivity index (χ4v) is 3.12. The van der Waals surface area contributed by atoms with Gasteiger partial charge in [0, 0.05) is 6.54 Å². The van der Waals surface area contributed by atoms with Gasteiger partial charge in [0.05, 0.1) is 16.7 Å². The van der Waals surface area contributed by atoms with E-state index in [2.05, 4.69) is 10.6 Å². The summed E-state index contributed by atoms with van der Waals surface area (Å²) in [6.45, 7) is 4.24. The Kier molecular flexibility index (Phi) is 6.41. The minimum absolute atomic E-state index is 0. The van der Waals surface area contributed by atoms with Crippen molar-refractivity contribution in [1.29, 1.82) is 0 Å². The number of halogens is 5. The summed E-state index contributed by atoms with van der Waals surface area (Å²) in [6.07, 6.45) is -3.98. The zero-order chi connectivity index (χ0) is 19.8. The molecule has 0 radical (unpaired) electrons. The zero-order valence-electron chi connectivity index (χ0n) is 15.4. The lowest BCUT2D eigenvalue weighted by molar-refractivity contribution is -0.137. The second kappa shape index (κ2) is 8.09. The molecule has 0 aliphatic carbocycles. The van der Waals surface area contributed by atoms with Crippen LogP contribution in [0.25, 0.3) is 0 Å². The van der Waals surface area contributed by atoms with E-state index in [1.807, 2.05) is 0 Å². The van der Waals surface area contributed by atoms with Gasteiger partial charge in [-0.05, 0) is 55.6 Å². The molecule has 0 aromatic heterocycles. The second-order valence-electron chi connectivity index (χ2n) is 7.15. The molecule has 28 heavy (non-hydrogen) atoms. The van der Waals surface area contributed by atoms with Crippen molar-refractivity contribution >= 4 is 24.0 Å². The number of hydrogen-bond donors (Lipinski definition) is 2. The van der Waals surface area contributed by atoms with E-state index in [9.17, 15) is 22.4 Å². The highest BCUT2D eigenvalue weighted by molar-refractivity contribution is 5.98. The molecule has 1 aliphatic rings. The summed E-state index contributed by atoms with van der Waals surface area (Å²) in [5.74, 6) is -1.06. The minimum atomic E-state index is -4.50. The molecule has 1 amide bonds. The van der Waals surface area contributed by atoms with Gasteiger partial charge in [-0.3, -0.25) is 4.79 Å². The third-order valence-electron chi connectivity index (χ3n) is 4.93. The molecule has 3 nitrogen and oxygen atoms in total. The maximum absolute atomic E-state index is 14.7. The highest BCUT2D eigenvalue weighted by Gasteiger charge is 2.35. The Morgan fingerprint density at radius 1 is 1.11 bits per heavy atom. The van der Waals surface area contributed by atoms with Crippen molar-refractivity contribution < 1.29 is 22.4 Å². The molecule has 0 saturated carbocycles. The lowest BCUT2D eigenvalue weighted by atomic mass is 9.82. The number of rotatable bonds is 3. The van der Waals surface area contributed by atoms with Crippen LogP contribution in [0.4, 0.5) is 23.2 Å². The normalized spacial score (nSPS) is 14.1. The SMILES string of the molecule is CC(C)(C(=O)Nc1ccc2c(c1F)CCNC2)c1cccc(C(F)(F)F)c1.Cl. The molecule has 2 N–H and O–H groups in total. The third-order valence-corrected chi connectivity index (χ3v) is 4.93. The smallest absolute Gasteiger partial charge is 0.323 e. The quantitative estimate of drug-likeness (QED) is 0.704. The summed E-state index contributed by atoms with van der Waals surface area (Å²) in [4.78, 5) is 12.7. The van der Waals surface area contributed by atoms with Crippen molar-refractivity contribution in [3.05, 3.63) is 64.5 Å². The van der Waals surface area contributed by atoms with E-state index in [1.165, 1.54) is 32.0 Å². The molecule has 0 spiro atoms. The minimum Gasteiger partial charge on any atom is -0.323 e. The molecule has 0 fully saturated rings. The van der Waals surface area contributed by atoms with Crippen molar-refractivity contribution in [2.45, 2.75) is 38.4 Å². The Morgan fingerprint density at radius 3 is 2.46 bits per heavy atom. The number of nitrogens with one attached hydrogen (secondary N) is 2. The summed E-state index contributed by atoms with van der Waals surface area (Å²) in [5, 5.41) is 5.69. The molecule has 0 atom stereocenters. The van der Waals surface area contributed by atoms with Crippen molar-refractivity contribution in [3.8, 4) is 0 Å². The fraction of sp³-hybridized carbons (Fsp3) is 0.350. The van der Waals surface area contributed by atoms with Crippen LogP contribution in [0.3, 0.4) is 0 Å². The topological polar surface area (TPSA) is 41.1 Å². The Morgan fingerprint density at radius 2 is 1.79 bits per heavy atom. The Hall–Kier alpha value is -2.12. The largest absolute Gasteiger partial charge is 0.416 e. The van der Waals surface area contributed by atoms with Gasteiger partial charge in [-0.1, -0.05) is 24.3 Å². The first kappa shape index (κ1) is 22.2. The predicted octanol–water partition coefficient (Wildman–Crippen LogP) is 4.83. The van der Waals surface area contributed by atoms with E-state index in [1.54, 1.807) is 6.07 Å². The second-order valence-corrected chi connectivity index (χ2v) is 7.15. The Bertz CT molecular complexity index is 881. The summed E-state index contributed by atoms with van der Waals surface area (Å²) in [5.41, 5.74) is -0.450. The molecular formula is C20H21ClF4N2O. The van der Waals surface area contributed by atoms with Crippen LogP contribution in [0.5, 0.6) is 0 Å². The van der Waals surface area contributed by atoms with E-state index in [0.717, 1.165) is 17.7 Å². The predicted molar refractivity (Wildman–Crippen MR) is 102 cm³/mol. The number of alkyl halides is 3. The number of fused-ring (bicyclic) bond motifs is 1. The van der Waals surface area contributed by atoms with Crippen LogP contribution in [0.2, 0.25) is 0 Å². The van der Waals surface area contributed by atoms with Gasteiger partial charge in [-0.25, -0.2) is 4.39 Å². The van der Waals surface area contributed by atoms with Crippen LogP contribution in [-0.2, 0) is 29.4 Å². The van der Waals surface area contributed by atoms with Gasteiger partial charge in [0.1, 0.15) is 5.82 Å². The van der Waals surface area contributed by atoms with Crippen molar-refractivity contribution in [2.24, 2.45) is 0 Å². The molecule has 0 saturated heterocycles. The average molecular weight is 417 g/mol. The summed E-state index contributed by atoms with van der Waals surface area (Å²) < 4.78 is 53.6. The molecule has 1 heterocycles. The number of hydrogen-bond acceptors (Lipinski definition) is 2. The van der Waals surface area contributed by atoms with E-state index in [4.69, 9.17) is 0 Å². The van der Waals surface area contributed by atoms with Crippen LogP contribution < -0.4 is 10.6 Å². The number of amides is 1. The Balaban J connectivity index is 0.00000280. The monoisotopic (exact) mass is 416 g/mol. The molecule has 0 bridgehead atoms. The molecule has 2 aromatic carbocycles. The van der Waals surface area contributed by atoms with E-state index in [0.29, 0.717) is 25.1 Å². The van der Waals surface area contributed by atoms with Crippen LogP contribution in [0.1, 0.15) is 36.1 Å². The van der Waals surface area contributed by atoms with Gasteiger partial charge in [0.2, 0.25) is 5.91 Å². The number of benzene rings is 2. The van der Waals surface area contributed by atoms with Gasteiger partial charge in [0.15, 0.2) is 0 Å².